The third kappa shape index (κ3) is 3.78. The summed E-state index contributed by atoms with van der Waals surface area (Å²) in [6.07, 6.45) is 0. The fourth-order valence-corrected chi connectivity index (χ4v) is 3.51. The molecule has 0 saturated carbocycles. The number of methoxy groups -OCH3 is 2. The Morgan fingerprint density at radius 2 is 1.96 bits per heavy atom. The van der Waals surface area contributed by atoms with Crippen molar-refractivity contribution in [3.8, 4) is 5.75 Å². The van der Waals surface area contributed by atoms with Gasteiger partial charge in [-0.15, -0.1) is 0 Å². The van der Waals surface area contributed by atoms with E-state index in [1.54, 1.807) is 13.1 Å². The number of hydrogen-bond acceptors (Lipinski definition) is 6. The summed E-state index contributed by atoms with van der Waals surface area (Å²) in [5.41, 5.74) is 0.301. The summed E-state index contributed by atoms with van der Waals surface area (Å²) in [6.45, 7) is -0.621. The van der Waals surface area contributed by atoms with Crippen molar-refractivity contribution >= 4 is 48.7 Å². The van der Waals surface area contributed by atoms with Crippen molar-refractivity contribution in [2.45, 2.75) is 0 Å². The topological polar surface area (TPSA) is 121 Å². The molecule has 2 N–H and O–H groups in total. The zero-order chi connectivity index (χ0) is 18.9. The van der Waals surface area contributed by atoms with Gasteiger partial charge in [0.1, 0.15) is 12.3 Å². The molecule has 0 aliphatic carbocycles. The molecule has 9 nitrogen and oxygen atoms in total. The zero-order valence-electron chi connectivity index (χ0n) is 13.6. The lowest BCUT2D eigenvalue weighted by atomic mass is 10.1. The Balaban J connectivity index is 2.80. The van der Waals surface area contributed by atoms with E-state index in [0.717, 1.165) is 7.11 Å². The number of pyridine rings is 1. The molecule has 25 heavy (non-hydrogen) atoms. The van der Waals surface area contributed by atoms with Crippen molar-refractivity contribution in [3.05, 3.63) is 33.0 Å². The third-order valence-electron chi connectivity index (χ3n) is 3.56. The highest BCUT2D eigenvalue weighted by atomic mass is 79.9. The molecule has 0 spiro atoms. The molecule has 1 heterocycles. The lowest BCUT2D eigenvalue weighted by Crippen LogP contribution is -2.41. The number of esters is 1. The average Bonchev–Trinajstić information content (AvgIpc) is 2.55. The molecule has 0 atom stereocenters. The van der Waals surface area contributed by atoms with Crippen LogP contribution in [-0.4, -0.2) is 39.7 Å². The highest BCUT2D eigenvalue weighted by Gasteiger charge is 2.26. The van der Waals surface area contributed by atoms with Gasteiger partial charge in [-0.2, -0.15) is 8.42 Å². The second-order valence-electron chi connectivity index (χ2n) is 5.07. The van der Waals surface area contributed by atoms with Crippen LogP contribution in [0.15, 0.2) is 27.5 Å². The van der Waals surface area contributed by atoms with Gasteiger partial charge >= 0.3 is 5.97 Å². The molecule has 1 aromatic carbocycles. The standard InChI is InChI=1S/C14H16BrN3O6S/c1-17-10-6-12(23-2)11(5-8(10)4-9(15)14(17)20)18(25(16,21)22)7-13(19)24-3/h4-6H,7H2,1-3H3,(H2,16,21,22). The number of carbonyl (C=O) groups is 1. The van der Waals surface area contributed by atoms with Gasteiger partial charge in [-0.25, -0.2) is 9.44 Å². The van der Waals surface area contributed by atoms with Crippen LogP contribution in [0.3, 0.4) is 0 Å². The van der Waals surface area contributed by atoms with Crippen molar-refractivity contribution < 1.29 is 22.7 Å². The van der Waals surface area contributed by atoms with E-state index < -0.39 is 22.7 Å². The van der Waals surface area contributed by atoms with E-state index >= 15 is 0 Å². The summed E-state index contributed by atoms with van der Waals surface area (Å²) in [6, 6.07) is 4.50. The molecule has 1 aromatic heterocycles. The molecule has 0 amide bonds. The Morgan fingerprint density at radius 1 is 1.32 bits per heavy atom. The number of benzene rings is 1. The Hall–Kier alpha value is -2.11. The highest BCUT2D eigenvalue weighted by Crippen LogP contribution is 2.34. The second-order valence-corrected chi connectivity index (χ2v) is 7.39. The van der Waals surface area contributed by atoms with Gasteiger partial charge in [0.05, 0.1) is 29.9 Å². The van der Waals surface area contributed by atoms with Gasteiger partial charge in [-0.3, -0.25) is 9.59 Å². The predicted molar refractivity (Wildman–Crippen MR) is 95.9 cm³/mol. The summed E-state index contributed by atoms with van der Waals surface area (Å²) >= 11 is 3.16. The van der Waals surface area contributed by atoms with Crippen molar-refractivity contribution in [3.63, 3.8) is 0 Å². The quantitative estimate of drug-likeness (QED) is 0.684. The second kappa shape index (κ2) is 7.02. The summed E-state index contributed by atoms with van der Waals surface area (Å²) in [7, 11) is -0.243. The first-order chi connectivity index (χ1) is 11.6. The Bertz CT molecular complexity index is 1000. The monoisotopic (exact) mass is 433 g/mol. The van der Waals surface area contributed by atoms with Crippen LogP contribution in [0, 0.1) is 0 Å². The molecule has 2 rings (SSSR count). The van der Waals surface area contributed by atoms with Crippen LogP contribution >= 0.6 is 15.9 Å². The van der Waals surface area contributed by atoms with E-state index in [1.807, 2.05) is 0 Å². The lowest BCUT2D eigenvalue weighted by molar-refractivity contribution is -0.138. The Morgan fingerprint density at radius 3 is 2.48 bits per heavy atom. The van der Waals surface area contributed by atoms with Crippen LogP contribution in [0.1, 0.15) is 0 Å². The summed E-state index contributed by atoms with van der Waals surface area (Å²) in [4.78, 5) is 23.6. The van der Waals surface area contributed by atoms with Gasteiger partial charge in [-0.05, 0) is 28.1 Å². The number of halogens is 1. The molecule has 0 radical (unpaired) electrons. The first-order valence-electron chi connectivity index (χ1n) is 6.84. The number of anilines is 1. The van der Waals surface area contributed by atoms with Crippen LogP contribution in [0.5, 0.6) is 5.75 Å². The first kappa shape index (κ1) is 19.2. The van der Waals surface area contributed by atoms with Crippen LogP contribution < -0.4 is 19.7 Å². The average molecular weight is 434 g/mol. The smallest absolute Gasteiger partial charge is 0.326 e. The van der Waals surface area contributed by atoms with E-state index in [9.17, 15) is 18.0 Å². The molecule has 11 heteroatoms. The number of aryl methyl sites for hydroxylation is 1. The number of nitrogens with two attached hydrogens (primary N) is 1. The molecule has 0 fully saturated rings. The van der Waals surface area contributed by atoms with Crippen molar-refractivity contribution in [2.75, 3.05) is 25.1 Å². The minimum absolute atomic E-state index is 0.0495. The predicted octanol–water partition coefficient (Wildman–Crippen LogP) is 0.492. The maximum atomic E-state index is 12.0. The number of hydrogen-bond donors (Lipinski definition) is 1. The fourth-order valence-electron chi connectivity index (χ4n) is 2.30. The molecular weight excluding hydrogens is 418 g/mol. The van der Waals surface area contributed by atoms with Crippen molar-refractivity contribution in [1.82, 2.24) is 4.57 Å². The van der Waals surface area contributed by atoms with Crippen LogP contribution in [0.25, 0.3) is 10.9 Å². The molecular formula is C14H16BrN3O6S. The van der Waals surface area contributed by atoms with E-state index in [1.165, 1.54) is 23.8 Å². The van der Waals surface area contributed by atoms with E-state index in [4.69, 9.17) is 9.88 Å². The molecule has 0 bridgehead atoms. The molecule has 0 saturated heterocycles. The fraction of sp³-hybridized carbons (Fsp3) is 0.286. The van der Waals surface area contributed by atoms with E-state index in [0.29, 0.717) is 19.7 Å². The maximum Gasteiger partial charge on any atom is 0.326 e. The van der Waals surface area contributed by atoms with Gasteiger partial charge in [0.15, 0.2) is 0 Å². The van der Waals surface area contributed by atoms with Crippen LogP contribution in [-0.2, 0) is 26.8 Å². The van der Waals surface area contributed by atoms with Crippen LogP contribution in [0.2, 0.25) is 0 Å². The van der Waals surface area contributed by atoms with Crippen molar-refractivity contribution in [1.29, 1.82) is 0 Å². The number of aromatic nitrogens is 1. The van der Waals surface area contributed by atoms with Crippen LogP contribution in [0.4, 0.5) is 5.69 Å². The van der Waals surface area contributed by atoms with Gasteiger partial charge in [0, 0.05) is 18.5 Å². The van der Waals surface area contributed by atoms with Gasteiger partial charge in [-0.1, -0.05) is 0 Å². The van der Waals surface area contributed by atoms with E-state index in [2.05, 4.69) is 20.7 Å². The number of nitrogens with zero attached hydrogens (tertiary/aromatic N) is 2. The third-order valence-corrected chi connectivity index (χ3v) is 5.07. The van der Waals surface area contributed by atoms with Crippen molar-refractivity contribution in [2.24, 2.45) is 12.2 Å². The first-order valence-corrected chi connectivity index (χ1v) is 9.14. The minimum atomic E-state index is -4.28. The Labute approximate surface area is 152 Å². The SMILES string of the molecule is COC(=O)CN(c1cc2cc(Br)c(=O)n(C)c2cc1OC)S(N)(=O)=O. The number of fused-ring (bicyclic) bond motifs is 1. The summed E-state index contributed by atoms with van der Waals surface area (Å²) in [5.74, 6) is -0.666. The lowest BCUT2D eigenvalue weighted by Gasteiger charge is -2.23. The minimum Gasteiger partial charge on any atom is -0.494 e. The zero-order valence-corrected chi connectivity index (χ0v) is 16.0. The van der Waals surface area contributed by atoms with Gasteiger partial charge < -0.3 is 14.0 Å². The number of rotatable bonds is 5. The number of carbonyl (C=O) groups excluding carboxylic acids is 1. The molecule has 2 aromatic rings. The highest BCUT2D eigenvalue weighted by molar-refractivity contribution is 9.10. The Kier molecular flexibility index (Phi) is 5.40. The summed E-state index contributed by atoms with van der Waals surface area (Å²) in [5, 5.41) is 5.78. The molecule has 136 valence electrons. The maximum absolute atomic E-state index is 12.0. The normalized spacial score (nSPS) is 11.4. The molecule has 0 unspecified atom stereocenters. The van der Waals surface area contributed by atoms with Gasteiger partial charge in [0.25, 0.3) is 15.8 Å². The largest absolute Gasteiger partial charge is 0.494 e. The molecule has 0 aliphatic heterocycles. The van der Waals surface area contributed by atoms with Gasteiger partial charge in [0.2, 0.25) is 0 Å². The number of ether oxygens (including phenoxy) is 2. The van der Waals surface area contributed by atoms with E-state index in [-0.39, 0.29) is 17.0 Å². The summed E-state index contributed by atoms with van der Waals surface area (Å²) < 4.78 is 36.0. The molecule has 0 aliphatic rings.